The van der Waals surface area contributed by atoms with Gasteiger partial charge in [0.05, 0.1) is 11.5 Å². The monoisotopic (exact) mass is 348 g/mol. The van der Waals surface area contributed by atoms with Crippen LogP contribution in [0.4, 0.5) is 0 Å². The van der Waals surface area contributed by atoms with Crippen LogP contribution >= 0.6 is 11.8 Å². The van der Waals surface area contributed by atoms with Crippen LogP contribution in [0.3, 0.4) is 0 Å². The molecule has 126 valence electrons. The predicted molar refractivity (Wildman–Crippen MR) is 90.4 cm³/mol. The molecule has 0 atom stereocenters. The third kappa shape index (κ3) is 5.24. The summed E-state index contributed by atoms with van der Waals surface area (Å²) in [7, 11) is 0. The number of amides is 1. The number of esters is 2. The lowest BCUT2D eigenvalue weighted by Gasteiger charge is -2.01. The van der Waals surface area contributed by atoms with E-state index in [0.717, 1.165) is 17.3 Å². The molecule has 1 heterocycles. The lowest BCUT2D eigenvalue weighted by atomic mass is 10.2. The zero-order valence-electron chi connectivity index (χ0n) is 13.2. The third-order valence-electron chi connectivity index (χ3n) is 2.75. The molecule has 0 saturated carbocycles. The highest BCUT2D eigenvalue weighted by Crippen LogP contribution is 2.26. The van der Waals surface area contributed by atoms with Crippen LogP contribution in [0, 0.1) is 0 Å². The summed E-state index contributed by atoms with van der Waals surface area (Å²) in [5, 5.41) is 2.95. The summed E-state index contributed by atoms with van der Waals surface area (Å²) in [6, 6.07) is 6.74. The Bertz CT molecular complexity index is 710. The molecule has 1 aromatic rings. The maximum absolute atomic E-state index is 11.9. The molecule has 7 nitrogen and oxygen atoms in total. The minimum Gasteiger partial charge on any atom is -0.465 e. The molecule has 0 radical (unpaired) electrons. The van der Waals surface area contributed by atoms with E-state index in [0.29, 0.717) is 15.8 Å². The molecule has 0 aliphatic carbocycles. The second-order valence-corrected chi connectivity index (χ2v) is 5.68. The van der Waals surface area contributed by atoms with E-state index in [-0.39, 0.29) is 19.1 Å². The van der Waals surface area contributed by atoms with Crippen LogP contribution in [-0.4, -0.2) is 36.2 Å². The first-order valence-electron chi connectivity index (χ1n) is 7.17. The number of thioether (sulfide) groups is 1. The molecular weight excluding hydrogens is 332 g/mol. The van der Waals surface area contributed by atoms with E-state index in [1.165, 1.54) is 6.92 Å². The van der Waals surface area contributed by atoms with E-state index in [1.54, 1.807) is 37.3 Å². The summed E-state index contributed by atoms with van der Waals surface area (Å²) < 4.78 is 9.72. The van der Waals surface area contributed by atoms with Gasteiger partial charge in [0.1, 0.15) is 12.3 Å². The van der Waals surface area contributed by atoms with Crippen LogP contribution < -0.4 is 10.1 Å². The summed E-state index contributed by atoms with van der Waals surface area (Å²) in [5.74, 6) is -0.691. The first-order valence-corrected chi connectivity index (χ1v) is 7.99. The molecule has 1 N–H and O–H groups in total. The van der Waals surface area contributed by atoms with E-state index in [9.17, 15) is 14.4 Å². The quantitative estimate of drug-likeness (QED) is 0.495. The SMILES string of the molecule is CCOC(=O)CN=C1NC(=O)/C(=C/c2ccc(OC(C)=O)cc2)S1. The number of hydrogen-bond acceptors (Lipinski definition) is 7. The molecule has 0 aromatic heterocycles. The zero-order chi connectivity index (χ0) is 17.5. The van der Waals surface area contributed by atoms with Crippen molar-refractivity contribution in [2.24, 2.45) is 4.99 Å². The van der Waals surface area contributed by atoms with Crippen molar-refractivity contribution in [1.82, 2.24) is 5.32 Å². The van der Waals surface area contributed by atoms with Gasteiger partial charge in [-0.1, -0.05) is 12.1 Å². The van der Waals surface area contributed by atoms with Crippen LogP contribution in [0.2, 0.25) is 0 Å². The molecule has 1 amide bonds. The van der Waals surface area contributed by atoms with Gasteiger partial charge in [-0.05, 0) is 42.5 Å². The second-order valence-electron chi connectivity index (χ2n) is 4.65. The van der Waals surface area contributed by atoms with Crippen molar-refractivity contribution in [2.75, 3.05) is 13.2 Å². The van der Waals surface area contributed by atoms with Crippen molar-refractivity contribution in [3.8, 4) is 5.75 Å². The Hall–Kier alpha value is -2.61. The van der Waals surface area contributed by atoms with Gasteiger partial charge in [-0.15, -0.1) is 0 Å². The fourth-order valence-corrected chi connectivity index (χ4v) is 2.61. The highest BCUT2D eigenvalue weighted by Gasteiger charge is 2.23. The number of nitrogens with one attached hydrogen (secondary N) is 1. The Morgan fingerprint density at radius 3 is 2.62 bits per heavy atom. The summed E-state index contributed by atoms with van der Waals surface area (Å²) in [4.78, 5) is 38.5. The molecule has 1 saturated heterocycles. The molecule has 1 aliphatic rings. The first-order chi connectivity index (χ1) is 11.5. The fourth-order valence-electron chi connectivity index (χ4n) is 1.79. The van der Waals surface area contributed by atoms with E-state index >= 15 is 0 Å². The van der Waals surface area contributed by atoms with Gasteiger partial charge in [0.15, 0.2) is 5.17 Å². The van der Waals surface area contributed by atoms with Gasteiger partial charge in [0.25, 0.3) is 5.91 Å². The molecule has 1 aromatic carbocycles. The van der Waals surface area contributed by atoms with Gasteiger partial charge in [0.2, 0.25) is 0 Å². The predicted octanol–water partition coefficient (Wildman–Crippen LogP) is 1.73. The van der Waals surface area contributed by atoms with Crippen LogP contribution in [0.15, 0.2) is 34.2 Å². The molecule has 1 aliphatic heterocycles. The Morgan fingerprint density at radius 2 is 2.00 bits per heavy atom. The number of aliphatic imine (C=N–C) groups is 1. The molecule has 1 fully saturated rings. The maximum Gasteiger partial charge on any atom is 0.327 e. The smallest absolute Gasteiger partial charge is 0.327 e. The number of benzene rings is 1. The number of ether oxygens (including phenoxy) is 2. The van der Waals surface area contributed by atoms with Crippen LogP contribution in [0.1, 0.15) is 19.4 Å². The van der Waals surface area contributed by atoms with Gasteiger partial charge in [0, 0.05) is 6.92 Å². The lowest BCUT2D eigenvalue weighted by molar-refractivity contribution is -0.141. The van der Waals surface area contributed by atoms with Crippen molar-refractivity contribution < 1.29 is 23.9 Å². The summed E-state index contributed by atoms with van der Waals surface area (Å²) in [6.07, 6.45) is 1.68. The van der Waals surface area contributed by atoms with Gasteiger partial charge in [-0.3, -0.25) is 19.4 Å². The topological polar surface area (TPSA) is 94.1 Å². The fraction of sp³-hybridized carbons (Fsp3) is 0.250. The molecule has 24 heavy (non-hydrogen) atoms. The van der Waals surface area contributed by atoms with E-state index in [1.807, 2.05) is 0 Å². The molecule has 0 spiro atoms. The Morgan fingerprint density at radius 1 is 1.29 bits per heavy atom. The van der Waals surface area contributed by atoms with E-state index in [2.05, 4.69) is 10.3 Å². The summed E-state index contributed by atoms with van der Waals surface area (Å²) in [6.45, 7) is 3.19. The minimum absolute atomic E-state index is 0.138. The highest BCUT2D eigenvalue weighted by atomic mass is 32.2. The minimum atomic E-state index is -0.446. The van der Waals surface area contributed by atoms with Crippen LogP contribution in [0.25, 0.3) is 6.08 Å². The Balaban J connectivity index is 2.02. The van der Waals surface area contributed by atoms with Crippen LogP contribution in [-0.2, 0) is 19.1 Å². The van der Waals surface area contributed by atoms with Gasteiger partial charge >= 0.3 is 11.9 Å². The summed E-state index contributed by atoms with van der Waals surface area (Å²) in [5.41, 5.74) is 0.773. The third-order valence-corrected chi connectivity index (χ3v) is 3.70. The van der Waals surface area contributed by atoms with Gasteiger partial charge in [-0.2, -0.15) is 0 Å². The Labute approximate surface area is 143 Å². The average Bonchev–Trinajstić information content (AvgIpc) is 2.87. The zero-order valence-corrected chi connectivity index (χ0v) is 14.0. The molecule has 8 heteroatoms. The number of amidine groups is 1. The van der Waals surface area contributed by atoms with E-state index in [4.69, 9.17) is 9.47 Å². The number of hydrogen-bond donors (Lipinski definition) is 1. The van der Waals surface area contributed by atoms with Crippen molar-refractivity contribution in [2.45, 2.75) is 13.8 Å². The highest BCUT2D eigenvalue weighted by molar-refractivity contribution is 8.18. The van der Waals surface area contributed by atoms with Crippen molar-refractivity contribution >= 4 is 40.9 Å². The summed E-state index contributed by atoms with van der Waals surface area (Å²) >= 11 is 1.15. The van der Waals surface area contributed by atoms with Crippen molar-refractivity contribution in [3.63, 3.8) is 0 Å². The normalized spacial score (nSPS) is 17.0. The average molecular weight is 348 g/mol. The van der Waals surface area contributed by atoms with Gasteiger partial charge < -0.3 is 14.8 Å². The van der Waals surface area contributed by atoms with Gasteiger partial charge in [-0.25, -0.2) is 0 Å². The number of rotatable bonds is 5. The molecule has 0 bridgehead atoms. The number of carbonyl (C=O) groups excluding carboxylic acids is 3. The van der Waals surface area contributed by atoms with Crippen molar-refractivity contribution in [1.29, 1.82) is 0 Å². The number of carbonyl (C=O) groups is 3. The lowest BCUT2D eigenvalue weighted by Crippen LogP contribution is -2.21. The van der Waals surface area contributed by atoms with Crippen molar-refractivity contribution in [3.05, 3.63) is 34.7 Å². The number of nitrogens with zero attached hydrogens (tertiary/aromatic N) is 1. The Kier molecular flexibility index (Phi) is 6.14. The standard InChI is InChI=1S/C16H16N2O5S/c1-3-22-14(20)9-17-16-18-15(21)13(24-16)8-11-4-6-12(7-5-11)23-10(2)19/h4-8H,3,9H2,1-2H3,(H,17,18,21)/b13-8-. The second kappa shape index (κ2) is 8.30. The largest absolute Gasteiger partial charge is 0.465 e. The van der Waals surface area contributed by atoms with Crippen LogP contribution in [0.5, 0.6) is 5.75 Å². The molecular formula is C16H16N2O5S. The first kappa shape index (κ1) is 17.7. The molecule has 2 rings (SSSR count). The molecule has 0 unspecified atom stereocenters. The van der Waals surface area contributed by atoms with E-state index < -0.39 is 11.9 Å². The maximum atomic E-state index is 11.9.